The maximum Gasteiger partial charge on any atom is 0.395 e. The molecule has 1 aliphatic heterocycles. The molecular formula is C8H18ClN2O4P. The third kappa shape index (κ3) is 4.39. The second-order valence-corrected chi connectivity index (χ2v) is 5.66. The fraction of sp³-hybridized carbons (Fsp3) is 0.875. The van der Waals surface area contributed by atoms with Crippen molar-refractivity contribution in [2.24, 2.45) is 5.73 Å². The summed E-state index contributed by atoms with van der Waals surface area (Å²) in [4.78, 5) is 20.6. The summed E-state index contributed by atoms with van der Waals surface area (Å²) in [6.45, 7) is 2.08. The van der Waals surface area contributed by atoms with Crippen LogP contribution in [0.2, 0.25) is 0 Å². The minimum atomic E-state index is -3.92. The van der Waals surface area contributed by atoms with Crippen molar-refractivity contribution in [2.45, 2.75) is 38.0 Å². The Morgan fingerprint density at radius 2 is 2.25 bits per heavy atom. The molecule has 4 N–H and O–H groups in total. The summed E-state index contributed by atoms with van der Waals surface area (Å²) in [7, 11) is -3.92. The Kier molecular flexibility index (Phi) is 6.51. The largest absolute Gasteiger partial charge is 0.395 e. The zero-order chi connectivity index (χ0) is 11.5. The van der Waals surface area contributed by atoms with Crippen LogP contribution >= 0.6 is 20.0 Å². The number of halogens is 1. The lowest BCUT2D eigenvalue weighted by molar-refractivity contribution is -0.136. The van der Waals surface area contributed by atoms with Crippen LogP contribution in [0.25, 0.3) is 0 Å². The van der Waals surface area contributed by atoms with E-state index in [4.69, 9.17) is 5.73 Å². The van der Waals surface area contributed by atoms with E-state index in [0.717, 1.165) is 12.8 Å². The van der Waals surface area contributed by atoms with Crippen molar-refractivity contribution in [2.75, 3.05) is 6.54 Å². The van der Waals surface area contributed by atoms with Gasteiger partial charge in [-0.05, 0) is 32.7 Å². The third-order valence-electron chi connectivity index (χ3n) is 2.27. The molecule has 0 aromatic rings. The lowest BCUT2D eigenvalue weighted by atomic mass is 10.2. The van der Waals surface area contributed by atoms with Gasteiger partial charge in [-0.1, -0.05) is 0 Å². The monoisotopic (exact) mass is 272 g/mol. The summed E-state index contributed by atoms with van der Waals surface area (Å²) in [5.41, 5.74) is 5.25. The van der Waals surface area contributed by atoms with E-state index in [2.05, 4.69) is 9.84 Å². The average Bonchev–Trinajstić information content (AvgIpc) is 2.18. The van der Waals surface area contributed by atoms with E-state index < -0.39 is 25.4 Å². The maximum atomic E-state index is 11.7. The number of nitrogens with two attached hydrogens (primary N) is 1. The van der Waals surface area contributed by atoms with E-state index >= 15 is 0 Å². The van der Waals surface area contributed by atoms with Gasteiger partial charge in [-0.3, -0.25) is 4.79 Å². The average molecular weight is 273 g/mol. The normalized spacial score (nSPS) is 26.1. The number of carbonyl (C=O) groups is 1. The summed E-state index contributed by atoms with van der Waals surface area (Å²) in [5.74, 6) is -1.48. The molecule has 1 heterocycles. The van der Waals surface area contributed by atoms with Crippen molar-refractivity contribution in [1.29, 1.82) is 0 Å². The lowest BCUT2D eigenvalue weighted by Gasteiger charge is -2.26. The standard InChI is InChI=1S/C8H17N2O4P.ClH/c1-6(9)8(11)14-15(12,13)7-4-2-3-5-10-7;/h6-7,10H,2-5,9H2,1H3,(H,12,13);1H/t6-,7?;/m0./s1. The van der Waals surface area contributed by atoms with Crippen LogP contribution in [-0.2, 0) is 13.9 Å². The first-order valence-electron chi connectivity index (χ1n) is 4.98. The number of rotatable bonds is 3. The lowest BCUT2D eigenvalue weighted by Crippen LogP contribution is -2.36. The van der Waals surface area contributed by atoms with Crippen LogP contribution < -0.4 is 11.1 Å². The molecule has 0 amide bonds. The molecule has 2 unspecified atom stereocenters. The molecule has 6 nitrogen and oxygen atoms in total. The molecule has 96 valence electrons. The van der Waals surface area contributed by atoms with Gasteiger partial charge in [0.15, 0.2) is 0 Å². The highest BCUT2D eigenvalue weighted by molar-refractivity contribution is 7.54. The number of nitrogens with one attached hydrogen (secondary N) is 1. The van der Waals surface area contributed by atoms with Crippen molar-refractivity contribution < 1.29 is 18.8 Å². The van der Waals surface area contributed by atoms with Crippen molar-refractivity contribution in [1.82, 2.24) is 5.32 Å². The first-order chi connectivity index (χ1) is 6.93. The summed E-state index contributed by atoms with van der Waals surface area (Å²) >= 11 is 0. The van der Waals surface area contributed by atoms with Crippen molar-refractivity contribution in [3.05, 3.63) is 0 Å². The van der Waals surface area contributed by atoms with Gasteiger partial charge in [0.25, 0.3) is 0 Å². The van der Waals surface area contributed by atoms with Gasteiger partial charge < -0.3 is 20.5 Å². The second-order valence-electron chi connectivity index (χ2n) is 3.73. The quantitative estimate of drug-likeness (QED) is 0.650. The van der Waals surface area contributed by atoms with E-state index in [1.165, 1.54) is 6.92 Å². The maximum absolute atomic E-state index is 11.7. The van der Waals surface area contributed by atoms with E-state index in [0.29, 0.717) is 13.0 Å². The zero-order valence-corrected chi connectivity index (χ0v) is 10.8. The predicted octanol–water partition coefficient (Wildman–Crippen LogP) is 0.584. The van der Waals surface area contributed by atoms with Gasteiger partial charge in [-0.2, -0.15) is 0 Å². The zero-order valence-electron chi connectivity index (χ0n) is 9.09. The molecule has 0 saturated carbocycles. The SMILES string of the molecule is C[C@H](N)C(=O)OP(=O)(O)C1CCCCN1.Cl. The highest BCUT2D eigenvalue weighted by Crippen LogP contribution is 2.49. The smallest absolute Gasteiger partial charge is 0.390 e. The van der Waals surface area contributed by atoms with Crippen LogP contribution in [0.1, 0.15) is 26.2 Å². The van der Waals surface area contributed by atoms with Crippen LogP contribution in [-0.4, -0.2) is 29.2 Å². The van der Waals surface area contributed by atoms with Crippen LogP contribution in [0.15, 0.2) is 0 Å². The van der Waals surface area contributed by atoms with E-state index in [9.17, 15) is 14.3 Å². The van der Waals surface area contributed by atoms with Gasteiger partial charge in [0.2, 0.25) is 0 Å². The summed E-state index contributed by atoms with van der Waals surface area (Å²) in [6, 6.07) is -0.880. The summed E-state index contributed by atoms with van der Waals surface area (Å²) in [6.07, 6.45) is 2.37. The molecule has 0 spiro atoms. The molecule has 0 aromatic heterocycles. The van der Waals surface area contributed by atoms with Crippen LogP contribution in [0.4, 0.5) is 0 Å². The van der Waals surface area contributed by atoms with Gasteiger partial charge in [-0.15, -0.1) is 12.4 Å². The number of hydrogen-bond donors (Lipinski definition) is 3. The van der Waals surface area contributed by atoms with Gasteiger partial charge in [-0.25, -0.2) is 4.57 Å². The molecule has 16 heavy (non-hydrogen) atoms. The Morgan fingerprint density at radius 3 is 2.69 bits per heavy atom. The Hall–Kier alpha value is -0.130. The van der Waals surface area contributed by atoms with Crippen LogP contribution in [0.3, 0.4) is 0 Å². The first kappa shape index (κ1) is 15.9. The summed E-state index contributed by atoms with van der Waals surface area (Å²) in [5, 5.41) is 2.87. The first-order valence-corrected chi connectivity index (χ1v) is 6.63. The number of hydrogen-bond acceptors (Lipinski definition) is 5. The molecule has 0 aliphatic carbocycles. The van der Waals surface area contributed by atoms with Gasteiger partial charge in [0, 0.05) is 0 Å². The molecule has 1 saturated heterocycles. The van der Waals surface area contributed by atoms with Crippen molar-refractivity contribution >= 4 is 26.0 Å². The van der Waals surface area contributed by atoms with Gasteiger partial charge >= 0.3 is 13.6 Å². The van der Waals surface area contributed by atoms with Crippen LogP contribution in [0.5, 0.6) is 0 Å². The molecule has 0 aromatic carbocycles. The van der Waals surface area contributed by atoms with E-state index in [1.807, 2.05) is 0 Å². The van der Waals surface area contributed by atoms with Crippen molar-refractivity contribution in [3.63, 3.8) is 0 Å². The van der Waals surface area contributed by atoms with Gasteiger partial charge in [0.05, 0.1) is 0 Å². The molecule has 1 aliphatic rings. The molecule has 1 rings (SSSR count). The predicted molar refractivity (Wildman–Crippen MR) is 62.5 cm³/mol. The molecule has 3 atom stereocenters. The van der Waals surface area contributed by atoms with Crippen molar-refractivity contribution in [3.8, 4) is 0 Å². The fourth-order valence-corrected chi connectivity index (χ4v) is 2.81. The van der Waals surface area contributed by atoms with Gasteiger partial charge in [0.1, 0.15) is 11.8 Å². The number of carbonyl (C=O) groups excluding carboxylic acids is 1. The van der Waals surface area contributed by atoms with E-state index in [1.54, 1.807) is 0 Å². The fourth-order valence-electron chi connectivity index (χ4n) is 1.39. The highest BCUT2D eigenvalue weighted by Gasteiger charge is 2.36. The molecule has 1 fully saturated rings. The second kappa shape index (κ2) is 6.57. The number of piperidine rings is 1. The highest BCUT2D eigenvalue weighted by atomic mass is 35.5. The summed E-state index contributed by atoms with van der Waals surface area (Å²) < 4.78 is 16.2. The third-order valence-corrected chi connectivity index (χ3v) is 3.94. The van der Waals surface area contributed by atoms with E-state index in [-0.39, 0.29) is 12.4 Å². The molecular weight excluding hydrogens is 255 g/mol. The van der Waals surface area contributed by atoms with Crippen LogP contribution in [0, 0.1) is 0 Å². The topological polar surface area (TPSA) is 102 Å². The minimum Gasteiger partial charge on any atom is -0.390 e. The molecule has 0 radical (unpaired) electrons. The Bertz CT molecular complexity index is 281. The Labute approximate surface area is 101 Å². The minimum absolute atomic E-state index is 0. The molecule has 8 heteroatoms. The Morgan fingerprint density at radius 1 is 1.62 bits per heavy atom. The Balaban J connectivity index is 0.00000225. The molecule has 0 bridgehead atoms.